The summed E-state index contributed by atoms with van der Waals surface area (Å²) in [4.78, 5) is 0. The number of rotatable bonds is 9. The van der Waals surface area contributed by atoms with Gasteiger partial charge in [0.05, 0.1) is 21.3 Å². The van der Waals surface area contributed by atoms with E-state index in [4.69, 9.17) is 18.9 Å². The Labute approximate surface area is 266 Å². The molecule has 0 bridgehead atoms. The van der Waals surface area contributed by atoms with Gasteiger partial charge in [-0.3, -0.25) is 0 Å². The van der Waals surface area contributed by atoms with Gasteiger partial charge in [0.25, 0.3) is 0 Å². The molecule has 228 valence electrons. The number of benzene rings is 5. The van der Waals surface area contributed by atoms with Crippen LogP contribution in [0, 0.1) is 0 Å². The van der Waals surface area contributed by atoms with Gasteiger partial charge in [-0.25, -0.2) is 0 Å². The van der Waals surface area contributed by atoms with Gasteiger partial charge in [-0.1, -0.05) is 81.3 Å². The van der Waals surface area contributed by atoms with Crippen molar-refractivity contribution in [2.24, 2.45) is 0 Å². The van der Waals surface area contributed by atoms with Crippen LogP contribution in [0.4, 0.5) is 0 Å². The Morgan fingerprint density at radius 1 is 0.644 bits per heavy atom. The maximum absolute atomic E-state index is 7.49. The van der Waals surface area contributed by atoms with Crippen molar-refractivity contribution >= 4 is 16.8 Å². The van der Waals surface area contributed by atoms with E-state index in [9.17, 15) is 0 Å². The standard InChI is InChI=1S/C41H40O4/c1-6-23-40(24-7-2)36-11-9-8-10-33(36)37-35-26-31(44-5)20-21-32(35)39-34(38(37)40)22-25-41(45-39,27-12-16-29(42-3)17-13-27)28-14-18-30(43-4)19-15-28/h8-22,25-26H,6-7,23-24H2,1-5H3. The molecule has 0 amide bonds. The van der Waals surface area contributed by atoms with E-state index in [2.05, 4.69) is 86.7 Å². The first-order chi connectivity index (χ1) is 22.0. The highest BCUT2D eigenvalue weighted by Crippen LogP contribution is 2.61. The van der Waals surface area contributed by atoms with E-state index in [0.717, 1.165) is 65.2 Å². The summed E-state index contributed by atoms with van der Waals surface area (Å²) in [6, 6.07) is 31.9. The van der Waals surface area contributed by atoms with Crippen LogP contribution in [0.25, 0.3) is 28.0 Å². The fourth-order valence-electron chi connectivity index (χ4n) is 7.93. The molecule has 5 aromatic rings. The highest BCUT2D eigenvalue weighted by atomic mass is 16.5. The van der Waals surface area contributed by atoms with Crippen molar-refractivity contribution in [1.82, 2.24) is 0 Å². The van der Waals surface area contributed by atoms with E-state index >= 15 is 0 Å². The lowest BCUT2D eigenvalue weighted by molar-refractivity contribution is 0.163. The van der Waals surface area contributed by atoms with Gasteiger partial charge < -0.3 is 18.9 Å². The Balaban J connectivity index is 1.57. The number of fused-ring (bicyclic) bond motifs is 8. The summed E-state index contributed by atoms with van der Waals surface area (Å²) >= 11 is 0. The Morgan fingerprint density at radius 3 is 1.80 bits per heavy atom. The summed E-state index contributed by atoms with van der Waals surface area (Å²) in [5, 5.41) is 2.25. The Bertz CT molecular complexity index is 1850. The summed E-state index contributed by atoms with van der Waals surface area (Å²) in [7, 11) is 5.13. The lowest BCUT2D eigenvalue weighted by Gasteiger charge is -2.40. The molecule has 0 unspecified atom stereocenters. The molecule has 0 N–H and O–H groups in total. The smallest absolute Gasteiger partial charge is 0.178 e. The Morgan fingerprint density at radius 2 is 1.22 bits per heavy atom. The molecule has 0 fully saturated rings. The van der Waals surface area contributed by atoms with E-state index in [-0.39, 0.29) is 5.41 Å². The van der Waals surface area contributed by atoms with Crippen LogP contribution < -0.4 is 18.9 Å². The minimum Gasteiger partial charge on any atom is -0.497 e. The summed E-state index contributed by atoms with van der Waals surface area (Å²) < 4.78 is 24.3. The van der Waals surface area contributed by atoms with Gasteiger partial charge >= 0.3 is 0 Å². The first-order valence-electron chi connectivity index (χ1n) is 16.0. The van der Waals surface area contributed by atoms with Crippen molar-refractivity contribution in [2.75, 3.05) is 21.3 Å². The number of ether oxygens (including phenoxy) is 4. The fourth-order valence-corrected chi connectivity index (χ4v) is 7.93. The zero-order valence-corrected chi connectivity index (χ0v) is 26.8. The number of hydrogen-bond donors (Lipinski definition) is 0. The third-order valence-corrected chi connectivity index (χ3v) is 9.83. The van der Waals surface area contributed by atoms with Gasteiger partial charge in [-0.2, -0.15) is 0 Å². The quantitative estimate of drug-likeness (QED) is 0.170. The van der Waals surface area contributed by atoms with Crippen LogP contribution in [0.3, 0.4) is 0 Å². The molecule has 45 heavy (non-hydrogen) atoms. The summed E-state index contributed by atoms with van der Waals surface area (Å²) in [5.74, 6) is 3.36. The van der Waals surface area contributed by atoms with Crippen molar-refractivity contribution in [3.05, 3.63) is 125 Å². The predicted molar refractivity (Wildman–Crippen MR) is 183 cm³/mol. The normalized spacial score (nSPS) is 15.1. The summed E-state index contributed by atoms with van der Waals surface area (Å²) in [5.41, 5.74) is 7.71. The molecule has 0 atom stereocenters. The second-order valence-corrected chi connectivity index (χ2v) is 12.2. The SMILES string of the molecule is CCCC1(CCC)c2ccccc2-c2c1c1c(c3ccc(OC)cc23)OC(c2ccc(OC)cc2)(c2ccc(OC)cc2)C=C1. The molecular weight excluding hydrogens is 556 g/mol. The fraction of sp³-hybridized carbons (Fsp3) is 0.268. The predicted octanol–water partition coefficient (Wildman–Crippen LogP) is 10.1. The van der Waals surface area contributed by atoms with Crippen LogP contribution >= 0.6 is 0 Å². The molecule has 0 saturated carbocycles. The lowest BCUT2D eigenvalue weighted by Crippen LogP contribution is -2.35. The average Bonchev–Trinajstić information content (AvgIpc) is 3.38. The molecular formula is C41H40O4. The zero-order valence-electron chi connectivity index (χ0n) is 26.8. The van der Waals surface area contributed by atoms with Gasteiger partial charge in [-0.05, 0) is 89.0 Å². The molecule has 2 aliphatic rings. The van der Waals surface area contributed by atoms with Crippen LogP contribution in [0.5, 0.6) is 23.0 Å². The second-order valence-electron chi connectivity index (χ2n) is 12.2. The minimum atomic E-state index is -0.865. The van der Waals surface area contributed by atoms with E-state index in [0.29, 0.717) is 0 Å². The van der Waals surface area contributed by atoms with E-state index in [1.807, 2.05) is 30.3 Å². The maximum atomic E-state index is 7.49. The molecule has 0 aromatic heterocycles. The van der Waals surface area contributed by atoms with Gasteiger partial charge in [0.2, 0.25) is 0 Å². The highest BCUT2D eigenvalue weighted by molar-refractivity contribution is 6.09. The van der Waals surface area contributed by atoms with Crippen molar-refractivity contribution in [1.29, 1.82) is 0 Å². The van der Waals surface area contributed by atoms with Crippen molar-refractivity contribution in [3.8, 4) is 34.1 Å². The Kier molecular flexibility index (Phi) is 7.32. The van der Waals surface area contributed by atoms with Gasteiger partial charge in [-0.15, -0.1) is 0 Å². The van der Waals surface area contributed by atoms with Gasteiger partial charge in [0, 0.05) is 27.5 Å². The molecule has 7 rings (SSSR count). The molecule has 0 radical (unpaired) electrons. The molecule has 1 aliphatic heterocycles. The lowest BCUT2D eigenvalue weighted by atomic mass is 9.69. The number of methoxy groups -OCH3 is 3. The van der Waals surface area contributed by atoms with Crippen molar-refractivity contribution < 1.29 is 18.9 Å². The molecule has 1 heterocycles. The highest BCUT2D eigenvalue weighted by Gasteiger charge is 2.47. The van der Waals surface area contributed by atoms with Crippen LogP contribution in [0.2, 0.25) is 0 Å². The Hall–Kier alpha value is -4.70. The van der Waals surface area contributed by atoms with Crippen molar-refractivity contribution in [3.63, 3.8) is 0 Å². The molecule has 0 saturated heterocycles. The van der Waals surface area contributed by atoms with Crippen LogP contribution in [-0.4, -0.2) is 21.3 Å². The average molecular weight is 597 g/mol. The third kappa shape index (κ3) is 4.34. The van der Waals surface area contributed by atoms with Gasteiger partial charge in [0.1, 0.15) is 23.0 Å². The van der Waals surface area contributed by atoms with Crippen LogP contribution in [0.1, 0.15) is 67.3 Å². The second kappa shape index (κ2) is 11.3. The van der Waals surface area contributed by atoms with E-state index in [1.165, 1.54) is 33.2 Å². The molecule has 1 aliphatic carbocycles. The monoisotopic (exact) mass is 596 g/mol. The summed E-state index contributed by atoms with van der Waals surface area (Å²) in [6.07, 6.45) is 8.91. The van der Waals surface area contributed by atoms with E-state index in [1.54, 1.807) is 21.3 Å². The van der Waals surface area contributed by atoms with Gasteiger partial charge in [0.15, 0.2) is 5.60 Å². The first-order valence-corrected chi connectivity index (χ1v) is 16.0. The maximum Gasteiger partial charge on any atom is 0.178 e. The molecule has 4 heteroatoms. The first kappa shape index (κ1) is 29.0. The van der Waals surface area contributed by atoms with Crippen molar-refractivity contribution in [2.45, 2.75) is 50.5 Å². The molecule has 0 spiro atoms. The molecule has 5 aromatic carbocycles. The van der Waals surface area contributed by atoms with E-state index < -0.39 is 5.60 Å². The number of hydrogen-bond acceptors (Lipinski definition) is 4. The van der Waals surface area contributed by atoms with Crippen LogP contribution in [-0.2, 0) is 11.0 Å². The largest absolute Gasteiger partial charge is 0.497 e. The minimum absolute atomic E-state index is 0.106. The molecule has 4 nitrogen and oxygen atoms in total. The third-order valence-electron chi connectivity index (χ3n) is 9.83. The zero-order chi connectivity index (χ0) is 31.2. The van der Waals surface area contributed by atoms with Crippen LogP contribution in [0.15, 0.2) is 97.1 Å². The summed E-state index contributed by atoms with van der Waals surface area (Å²) in [6.45, 7) is 4.61. The topological polar surface area (TPSA) is 36.9 Å².